The zero-order chi connectivity index (χ0) is 25.5. The maximum atomic E-state index is 13.1. The van der Waals surface area contributed by atoms with E-state index >= 15 is 0 Å². The van der Waals surface area contributed by atoms with Crippen LogP contribution in [-0.2, 0) is 4.79 Å². The van der Waals surface area contributed by atoms with E-state index < -0.39 is 0 Å². The van der Waals surface area contributed by atoms with Crippen molar-refractivity contribution < 1.29 is 14.0 Å². The number of aromatic nitrogens is 1. The molecule has 2 N–H and O–H groups in total. The SMILES string of the molecule is CN(C)CCCCCNC(=O)N[C@H]1CC[C@@H](C(=O)N(C)c2ccc(-c3nc4ccccc4o3)cc2)C1. The second-order valence-electron chi connectivity index (χ2n) is 9.90. The predicted molar refractivity (Wildman–Crippen MR) is 143 cm³/mol. The van der Waals surface area contributed by atoms with Crippen molar-refractivity contribution in [1.29, 1.82) is 0 Å². The predicted octanol–water partition coefficient (Wildman–Crippen LogP) is 4.66. The lowest BCUT2D eigenvalue weighted by Crippen LogP contribution is -2.42. The Bertz CT molecular complexity index is 1120. The van der Waals surface area contributed by atoms with Crippen LogP contribution in [0, 0.1) is 5.92 Å². The molecule has 0 bridgehead atoms. The fraction of sp³-hybridized carbons (Fsp3) is 0.464. The average Bonchev–Trinajstić information content (AvgIpc) is 3.52. The average molecular weight is 492 g/mol. The molecule has 0 unspecified atom stereocenters. The number of nitrogens with zero attached hydrogens (tertiary/aromatic N) is 3. The smallest absolute Gasteiger partial charge is 0.315 e. The molecule has 1 saturated carbocycles. The minimum absolute atomic E-state index is 0.0302. The van der Waals surface area contributed by atoms with Gasteiger partial charge in [0.1, 0.15) is 5.52 Å². The molecule has 4 rings (SSSR count). The van der Waals surface area contributed by atoms with Gasteiger partial charge in [-0.1, -0.05) is 18.6 Å². The molecule has 0 aliphatic heterocycles. The van der Waals surface area contributed by atoms with Crippen LogP contribution < -0.4 is 15.5 Å². The maximum Gasteiger partial charge on any atom is 0.315 e. The fourth-order valence-electron chi connectivity index (χ4n) is 4.73. The van der Waals surface area contributed by atoms with E-state index in [1.807, 2.05) is 48.5 Å². The Kier molecular flexibility index (Phi) is 8.59. The van der Waals surface area contributed by atoms with Gasteiger partial charge in [0.05, 0.1) is 0 Å². The maximum absolute atomic E-state index is 13.1. The lowest BCUT2D eigenvalue weighted by molar-refractivity contribution is -0.121. The largest absolute Gasteiger partial charge is 0.436 e. The molecule has 8 heteroatoms. The van der Waals surface area contributed by atoms with E-state index in [2.05, 4.69) is 34.6 Å². The highest BCUT2D eigenvalue weighted by Crippen LogP contribution is 2.30. The number of carbonyl (C=O) groups is 2. The molecule has 1 aliphatic rings. The molecule has 1 fully saturated rings. The van der Waals surface area contributed by atoms with Crippen molar-refractivity contribution in [1.82, 2.24) is 20.5 Å². The van der Waals surface area contributed by atoms with E-state index in [4.69, 9.17) is 4.42 Å². The summed E-state index contributed by atoms with van der Waals surface area (Å²) < 4.78 is 5.84. The second kappa shape index (κ2) is 12.0. The summed E-state index contributed by atoms with van der Waals surface area (Å²) in [5, 5.41) is 5.99. The van der Waals surface area contributed by atoms with Crippen LogP contribution in [0.1, 0.15) is 38.5 Å². The van der Waals surface area contributed by atoms with Crippen molar-refractivity contribution in [2.45, 2.75) is 44.6 Å². The molecule has 3 amide bonds. The Hall–Kier alpha value is -3.39. The molecule has 0 spiro atoms. The summed E-state index contributed by atoms with van der Waals surface area (Å²) >= 11 is 0. The van der Waals surface area contributed by atoms with Crippen LogP contribution in [0.3, 0.4) is 0 Å². The summed E-state index contributed by atoms with van der Waals surface area (Å²) in [6, 6.07) is 15.2. The highest BCUT2D eigenvalue weighted by Gasteiger charge is 2.32. The Balaban J connectivity index is 1.23. The fourth-order valence-corrected chi connectivity index (χ4v) is 4.73. The van der Waals surface area contributed by atoms with E-state index in [9.17, 15) is 9.59 Å². The summed E-state index contributed by atoms with van der Waals surface area (Å²) in [6.07, 6.45) is 5.47. The summed E-state index contributed by atoms with van der Waals surface area (Å²) in [4.78, 5) is 33.8. The number of carbonyl (C=O) groups excluding carboxylic acids is 2. The Labute approximate surface area is 213 Å². The zero-order valence-electron chi connectivity index (χ0n) is 21.5. The van der Waals surface area contributed by atoms with Crippen LogP contribution in [0.5, 0.6) is 0 Å². The third kappa shape index (κ3) is 6.63. The number of unbranched alkanes of at least 4 members (excludes halogenated alkanes) is 2. The number of oxazole rings is 1. The molecular formula is C28H37N5O3. The number of hydrogen-bond acceptors (Lipinski definition) is 5. The van der Waals surface area contributed by atoms with Crippen LogP contribution in [0.25, 0.3) is 22.6 Å². The van der Waals surface area contributed by atoms with Crippen LogP contribution in [0.2, 0.25) is 0 Å². The standard InChI is InChI=1S/C28H37N5O3/c1-32(2)18-8-4-7-17-29-28(35)30-22-14-11-21(19-22)27(34)33(3)23-15-12-20(13-16-23)26-31-24-9-5-6-10-25(24)36-26/h5-6,9-10,12-13,15-16,21-22H,4,7-8,11,14,17-19H2,1-3H3,(H2,29,30,35)/t21-,22+/m1/s1. The second-order valence-corrected chi connectivity index (χ2v) is 9.90. The zero-order valence-corrected chi connectivity index (χ0v) is 21.5. The first-order valence-electron chi connectivity index (χ1n) is 12.8. The van der Waals surface area contributed by atoms with Crippen molar-refractivity contribution in [3.63, 3.8) is 0 Å². The number of urea groups is 1. The van der Waals surface area contributed by atoms with Gasteiger partial charge < -0.3 is 24.9 Å². The van der Waals surface area contributed by atoms with Crippen molar-refractivity contribution in [3.8, 4) is 11.5 Å². The van der Waals surface area contributed by atoms with Crippen LogP contribution >= 0.6 is 0 Å². The molecule has 0 radical (unpaired) electrons. The molecule has 3 aromatic rings. The molecular weight excluding hydrogens is 454 g/mol. The van der Waals surface area contributed by atoms with Crippen LogP contribution in [0.4, 0.5) is 10.5 Å². The first-order chi connectivity index (χ1) is 17.4. The molecule has 1 heterocycles. The van der Waals surface area contributed by atoms with E-state index in [-0.39, 0.29) is 23.9 Å². The van der Waals surface area contributed by atoms with E-state index in [1.54, 1.807) is 11.9 Å². The normalized spacial score (nSPS) is 17.4. The van der Waals surface area contributed by atoms with E-state index in [0.717, 1.165) is 61.0 Å². The summed E-state index contributed by atoms with van der Waals surface area (Å²) in [6.45, 7) is 1.75. The van der Waals surface area contributed by atoms with Crippen molar-refractivity contribution in [2.75, 3.05) is 39.1 Å². The van der Waals surface area contributed by atoms with Crippen LogP contribution in [-0.4, -0.2) is 62.1 Å². The number of hydrogen-bond donors (Lipinski definition) is 2. The summed E-state index contributed by atoms with van der Waals surface area (Å²) in [5.41, 5.74) is 3.26. The van der Waals surface area contributed by atoms with Crippen molar-refractivity contribution >= 4 is 28.7 Å². The molecule has 1 aromatic heterocycles. The Morgan fingerprint density at radius 1 is 1.00 bits per heavy atom. The Morgan fingerprint density at radius 2 is 1.78 bits per heavy atom. The van der Waals surface area contributed by atoms with E-state index in [0.29, 0.717) is 18.9 Å². The van der Waals surface area contributed by atoms with Gasteiger partial charge in [0.2, 0.25) is 11.8 Å². The van der Waals surface area contributed by atoms with Gasteiger partial charge in [-0.2, -0.15) is 0 Å². The minimum atomic E-state index is -0.135. The number of anilines is 1. The molecule has 8 nitrogen and oxygen atoms in total. The van der Waals surface area contributed by atoms with Gasteiger partial charge in [0.15, 0.2) is 5.58 Å². The van der Waals surface area contributed by atoms with Gasteiger partial charge in [0, 0.05) is 36.8 Å². The third-order valence-corrected chi connectivity index (χ3v) is 6.81. The van der Waals surface area contributed by atoms with Gasteiger partial charge in [-0.25, -0.2) is 9.78 Å². The van der Waals surface area contributed by atoms with Gasteiger partial charge in [-0.05, 0) is 89.1 Å². The number of rotatable bonds is 10. The summed E-state index contributed by atoms with van der Waals surface area (Å²) in [7, 11) is 5.95. The van der Waals surface area contributed by atoms with E-state index in [1.165, 1.54) is 0 Å². The highest BCUT2D eigenvalue weighted by atomic mass is 16.3. The number of para-hydroxylation sites is 2. The minimum Gasteiger partial charge on any atom is -0.436 e. The number of amides is 3. The molecule has 36 heavy (non-hydrogen) atoms. The monoisotopic (exact) mass is 491 g/mol. The van der Waals surface area contributed by atoms with Gasteiger partial charge in [0.25, 0.3) is 0 Å². The first-order valence-corrected chi connectivity index (χ1v) is 12.8. The van der Waals surface area contributed by atoms with Gasteiger partial charge >= 0.3 is 6.03 Å². The highest BCUT2D eigenvalue weighted by molar-refractivity contribution is 5.95. The molecule has 2 atom stereocenters. The van der Waals surface area contributed by atoms with Crippen molar-refractivity contribution in [3.05, 3.63) is 48.5 Å². The van der Waals surface area contributed by atoms with Gasteiger partial charge in [-0.3, -0.25) is 4.79 Å². The molecule has 192 valence electrons. The number of benzene rings is 2. The lowest BCUT2D eigenvalue weighted by Gasteiger charge is -2.21. The number of nitrogens with one attached hydrogen (secondary N) is 2. The molecule has 1 aliphatic carbocycles. The third-order valence-electron chi connectivity index (χ3n) is 6.81. The number of fused-ring (bicyclic) bond motifs is 1. The molecule has 0 saturated heterocycles. The quantitative estimate of drug-likeness (QED) is 0.403. The summed E-state index contributed by atoms with van der Waals surface area (Å²) in [5.74, 6) is 0.548. The topological polar surface area (TPSA) is 90.7 Å². The van der Waals surface area contributed by atoms with Crippen LogP contribution in [0.15, 0.2) is 52.9 Å². The first kappa shape index (κ1) is 25.7. The Morgan fingerprint density at radius 3 is 2.53 bits per heavy atom. The lowest BCUT2D eigenvalue weighted by atomic mass is 10.1. The van der Waals surface area contributed by atoms with Crippen molar-refractivity contribution in [2.24, 2.45) is 5.92 Å². The van der Waals surface area contributed by atoms with Gasteiger partial charge in [-0.15, -0.1) is 0 Å². The molecule has 2 aromatic carbocycles.